The summed E-state index contributed by atoms with van der Waals surface area (Å²) < 4.78 is 37.4. The third-order valence-electron chi connectivity index (χ3n) is 2.98. The Balaban J connectivity index is 2.24. The Hall–Kier alpha value is -1.14. The first-order valence-electron chi connectivity index (χ1n) is 5.81. The molecule has 104 valence electrons. The standard InChI is InChI=1S/C12H13ClFNO3S/c1-7(12(16)15-8-2-3-8)19(17,18)9-4-5-11(14)10(13)6-9/h4-8H,2-3H2,1H3,(H,15,16). The van der Waals surface area contributed by atoms with Crippen molar-refractivity contribution < 1.29 is 17.6 Å². The fraction of sp³-hybridized carbons (Fsp3) is 0.417. The molecule has 1 fully saturated rings. The van der Waals surface area contributed by atoms with Crippen LogP contribution >= 0.6 is 11.6 Å². The number of carbonyl (C=O) groups is 1. The van der Waals surface area contributed by atoms with E-state index < -0.39 is 26.8 Å². The molecule has 1 atom stereocenters. The molecule has 1 aliphatic carbocycles. The van der Waals surface area contributed by atoms with E-state index in [1.807, 2.05) is 0 Å². The van der Waals surface area contributed by atoms with Gasteiger partial charge in [0.15, 0.2) is 9.84 Å². The number of rotatable bonds is 4. The van der Waals surface area contributed by atoms with Crippen LogP contribution in [0.4, 0.5) is 4.39 Å². The minimum atomic E-state index is -3.86. The molecule has 0 saturated heterocycles. The second kappa shape index (κ2) is 5.09. The van der Waals surface area contributed by atoms with Gasteiger partial charge in [-0.15, -0.1) is 0 Å². The van der Waals surface area contributed by atoms with Crippen LogP contribution in [0, 0.1) is 5.82 Å². The first-order valence-corrected chi connectivity index (χ1v) is 7.74. The zero-order chi connectivity index (χ0) is 14.2. The number of sulfone groups is 1. The highest BCUT2D eigenvalue weighted by molar-refractivity contribution is 7.92. The molecule has 0 heterocycles. The van der Waals surface area contributed by atoms with Crippen LogP contribution in [0.5, 0.6) is 0 Å². The average molecular weight is 306 g/mol. The van der Waals surface area contributed by atoms with Crippen molar-refractivity contribution in [2.75, 3.05) is 0 Å². The van der Waals surface area contributed by atoms with Gasteiger partial charge < -0.3 is 5.32 Å². The van der Waals surface area contributed by atoms with Gasteiger partial charge in [0.25, 0.3) is 0 Å². The van der Waals surface area contributed by atoms with E-state index in [1.54, 1.807) is 0 Å². The SMILES string of the molecule is CC(C(=O)NC1CC1)S(=O)(=O)c1ccc(F)c(Cl)c1. The number of halogens is 2. The highest BCUT2D eigenvalue weighted by Crippen LogP contribution is 2.24. The molecule has 1 aromatic rings. The first-order chi connectivity index (χ1) is 8.82. The predicted molar refractivity (Wildman–Crippen MR) is 69.2 cm³/mol. The Bertz CT molecular complexity index is 613. The van der Waals surface area contributed by atoms with Crippen LogP contribution < -0.4 is 5.32 Å². The Morgan fingerprint density at radius 2 is 2.11 bits per heavy atom. The van der Waals surface area contributed by atoms with Gasteiger partial charge in [0.05, 0.1) is 9.92 Å². The van der Waals surface area contributed by atoms with Crippen molar-refractivity contribution in [1.29, 1.82) is 0 Å². The number of carbonyl (C=O) groups excluding carboxylic acids is 1. The predicted octanol–water partition coefficient (Wildman–Crippen LogP) is 1.92. The summed E-state index contributed by atoms with van der Waals surface area (Å²) in [6, 6.07) is 3.19. The minimum Gasteiger partial charge on any atom is -0.352 e. The molecule has 1 saturated carbocycles. The van der Waals surface area contributed by atoms with Gasteiger partial charge in [0.1, 0.15) is 11.1 Å². The lowest BCUT2D eigenvalue weighted by atomic mass is 10.3. The van der Waals surface area contributed by atoms with Gasteiger partial charge in [-0.2, -0.15) is 0 Å². The zero-order valence-corrected chi connectivity index (χ0v) is 11.8. The largest absolute Gasteiger partial charge is 0.352 e. The van der Waals surface area contributed by atoms with E-state index in [0.29, 0.717) is 0 Å². The zero-order valence-electron chi connectivity index (χ0n) is 10.2. The van der Waals surface area contributed by atoms with E-state index in [-0.39, 0.29) is 16.0 Å². The maximum absolute atomic E-state index is 13.0. The van der Waals surface area contributed by atoms with Crippen molar-refractivity contribution in [3.05, 3.63) is 29.0 Å². The van der Waals surface area contributed by atoms with Crippen molar-refractivity contribution in [2.45, 2.75) is 36.0 Å². The molecule has 0 aromatic heterocycles. The lowest BCUT2D eigenvalue weighted by Crippen LogP contribution is -2.39. The van der Waals surface area contributed by atoms with Crippen molar-refractivity contribution in [2.24, 2.45) is 0 Å². The van der Waals surface area contributed by atoms with Crippen molar-refractivity contribution in [3.63, 3.8) is 0 Å². The van der Waals surface area contributed by atoms with Gasteiger partial charge in [-0.1, -0.05) is 11.6 Å². The Morgan fingerprint density at radius 3 is 2.63 bits per heavy atom. The molecule has 0 bridgehead atoms. The smallest absolute Gasteiger partial charge is 0.238 e. The van der Waals surface area contributed by atoms with Crippen molar-refractivity contribution >= 4 is 27.3 Å². The summed E-state index contributed by atoms with van der Waals surface area (Å²) in [5.74, 6) is -1.24. The monoisotopic (exact) mass is 305 g/mol. The van der Waals surface area contributed by atoms with Gasteiger partial charge in [-0.05, 0) is 38.0 Å². The first kappa shape index (κ1) is 14.3. The van der Waals surface area contributed by atoms with E-state index in [9.17, 15) is 17.6 Å². The minimum absolute atomic E-state index is 0.0851. The number of hydrogen-bond acceptors (Lipinski definition) is 3. The molecular weight excluding hydrogens is 293 g/mol. The van der Waals surface area contributed by atoms with Crippen LogP contribution in [-0.4, -0.2) is 25.6 Å². The van der Waals surface area contributed by atoms with E-state index in [1.165, 1.54) is 6.92 Å². The summed E-state index contributed by atoms with van der Waals surface area (Å²) in [6.45, 7) is 1.31. The summed E-state index contributed by atoms with van der Waals surface area (Å²) in [4.78, 5) is 11.6. The molecule has 2 rings (SSSR count). The molecule has 1 N–H and O–H groups in total. The summed E-state index contributed by atoms with van der Waals surface area (Å²) in [5.41, 5.74) is 0. The van der Waals surface area contributed by atoms with E-state index >= 15 is 0 Å². The Kier molecular flexibility index (Phi) is 3.82. The quantitative estimate of drug-likeness (QED) is 0.864. The van der Waals surface area contributed by atoms with Gasteiger partial charge in [-0.3, -0.25) is 4.79 Å². The van der Waals surface area contributed by atoms with E-state index in [0.717, 1.165) is 31.0 Å². The van der Waals surface area contributed by atoms with E-state index in [4.69, 9.17) is 11.6 Å². The fourth-order valence-electron chi connectivity index (χ4n) is 1.55. The van der Waals surface area contributed by atoms with Crippen LogP contribution in [0.3, 0.4) is 0 Å². The van der Waals surface area contributed by atoms with Gasteiger partial charge in [0, 0.05) is 6.04 Å². The lowest BCUT2D eigenvalue weighted by Gasteiger charge is -2.13. The second-order valence-corrected chi connectivity index (χ2v) is 7.22. The molecule has 1 unspecified atom stereocenters. The topological polar surface area (TPSA) is 63.2 Å². The molecule has 19 heavy (non-hydrogen) atoms. The third kappa shape index (κ3) is 3.06. The molecule has 1 aliphatic rings. The number of hydrogen-bond donors (Lipinski definition) is 1. The Labute approximate surface area is 115 Å². The maximum atomic E-state index is 13.0. The summed E-state index contributed by atoms with van der Waals surface area (Å²) in [5, 5.41) is 1.12. The molecular formula is C12H13ClFNO3S. The van der Waals surface area contributed by atoms with Crippen molar-refractivity contribution in [1.82, 2.24) is 5.32 Å². The summed E-state index contributed by atoms with van der Waals surface area (Å²) in [7, 11) is -3.86. The van der Waals surface area contributed by atoms with Crippen molar-refractivity contribution in [3.8, 4) is 0 Å². The molecule has 1 amide bonds. The van der Waals surface area contributed by atoms with E-state index in [2.05, 4.69) is 5.32 Å². The molecule has 7 heteroatoms. The number of nitrogens with one attached hydrogen (secondary N) is 1. The lowest BCUT2D eigenvalue weighted by molar-refractivity contribution is -0.120. The Morgan fingerprint density at radius 1 is 1.47 bits per heavy atom. The van der Waals surface area contributed by atoms with Gasteiger partial charge >= 0.3 is 0 Å². The highest BCUT2D eigenvalue weighted by atomic mass is 35.5. The molecule has 0 aliphatic heterocycles. The highest BCUT2D eigenvalue weighted by Gasteiger charge is 2.33. The second-order valence-electron chi connectivity index (χ2n) is 4.55. The maximum Gasteiger partial charge on any atom is 0.238 e. The summed E-state index contributed by atoms with van der Waals surface area (Å²) >= 11 is 5.56. The number of benzene rings is 1. The van der Waals surface area contributed by atoms with Gasteiger partial charge in [0.2, 0.25) is 5.91 Å². The summed E-state index contributed by atoms with van der Waals surface area (Å²) in [6.07, 6.45) is 1.75. The number of amides is 1. The third-order valence-corrected chi connectivity index (χ3v) is 5.32. The van der Waals surface area contributed by atoms with Crippen LogP contribution in [0.25, 0.3) is 0 Å². The van der Waals surface area contributed by atoms with Crippen LogP contribution in [0.1, 0.15) is 19.8 Å². The van der Waals surface area contributed by atoms with Gasteiger partial charge in [-0.25, -0.2) is 12.8 Å². The van der Waals surface area contributed by atoms with Crippen LogP contribution in [-0.2, 0) is 14.6 Å². The molecule has 0 radical (unpaired) electrons. The average Bonchev–Trinajstić information content (AvgIpc) is 3.15. The molecule has 4 nitrogen and oxygen atoms in total. The normalized spacial score (nSPS) is 17.0. The van der Waals surface area contributed by atoms with Crippen LogP contribution in [0.15, 0.2) is 23.1 Å². The fourth-order valence-corrected chi connectivity index (χ4v) is 3.09. The van der Waals surface area contributed by atoms with Crippen LogP contribution in [0.2, 0.25) is 5.02 Å². The molecule has 0 spiro atoms. The molecule has 1 aromatic carbocycles.